The second-order valence-electron chi connectivity index (χ2n) is 6.05. The second-order valence-corrected chi connectivity index (χ2v) is 6.05. The van der Waals surface area contributed by atoms with Crippen molar-refractivity contribution in [3.05, 3.63) is 53.5 Å². The third-order valence-electron chi connectivity index (χ3n) is 3.51. The van der Waals surface area contributed by atoms with E-state index in [0.717, 1.165) is 12.0 Å². The lowest BCUT2D eigenvalue weighted by Crippen LogP contribution is -2.27. The Hall–Kier alpha value is -2.21. The number of hydrogen-bond acceptors (Lipinski definition) is 4. The van der Waals surface area contributed by atoms with Gasteiger partial charge in [-0.05, 0) is 37.0 Å². The number of rotatable bonds is 6. The Morgan fingerprint density at radius 1 is 1.30 bits per heavy atom. The highest BCUT2D eigenvalue weighted by molar-refractivity contribution is 5.92. The Kier molecular flexibility index (Phi) is 5.50. The van der Waals surface area contributed by atoms with Crippen molar-refractivity contribution in [2.24, 2.45) is 11.7 Å². The molecule has 6 heteroatoms. The van der Waals surface area contributed by atoms with Crippen molar-refractivity contribution in [2.75, 3.05) is 0 Å². The molecule has 0 radical (unpaired) electrons. The number of amides is 1. The molecule has 5 nitrogen and oxygen atoms in total. The molecule has 2 aromatic rings. The second kappa shape index (κ2) is 7.37. The highest BCUT2D eigenvalue weighted by atomic mass is 19.1. The lowest BCUT2D eigenvalue weighted by molar-refractivity contribution is 0.0935. The topological polar surface area (TPSA) is 81.1 Å². The van der Waals surface area contributed by atoms with Crippen molar-refractivity contribution in [1.82, 2.24) is 10.3 Å². The minimum atomic E-state index is -0.353. The first-order chi connectivity index (χ1) is 10.9. The first kappa shape index (κ1) is 17.1. The molecule has 1 aromatic heterocycles. The molecule has 3 N–H and O–H groups in total. The SMILES string of the molecule is CC(C)CC(N)c1nc(C(=O)NC(C)c2ccc(F)cc2)co1. The molecular formula is C17H22FN3O2. The van der Waals surface area contributed by atoms with E-state index in [1.807, 2.05) is 6.92 Å². The average molecular weight is 319 g/mol. The maximum absolute atomic E-state index is 12.9. The molecule has 0 saturated heterocycles. The van der Waals surface area contributed by atoms with Crippen molar-refractivity contribution >= 4 is 5.91 Å². The number of aromatic nitrogens is 1. The van der Waals surface area contributed by atoms with Gasteiger partial charge in [0.2, 0.25) is 5.89 Å². The summed E-state index contributed by atoms with van der Waals surface area (Å²) in [5, 5.41) is 2.80. The molecule has 0 bridgehead atoms. The van der Waals surface area contributed by atoms with Gasteiger partial charge in [-0.1, -0.05) is 26.0 Å². The van der Waals surface area contributed by atoms with E-state index in [2.05, 4.69) is 24.1 Å². The molecule has 0 aliphatic rings. The standard InChI is InChI=1S/C17H22FN3O2/c1-10(2)8-14(19)17-21-15(9-23-17)16(22)20-11(3)12-4-6-13(18)7-5-12/h4-7,9-11,14H,8,19H2,1-3H3,(H,20,22). The highest BCUT2D eigenvalue weighted by Crippen LogP contribution is 2.19. The molecule has 2 rings (SSSR count). The van der Waals surface area contributed by atoms with E-state index in [4.69, 9.17) is 10.2 Å². The van der Waals surface area contributed by atoms with Crippen LogP contribution < -0.4 is 11.1 Å². The fourth-order valence-corrected chi connectivity index (χ4v) is 2.28. The van der Waals surface area contributed by atoms with Gasteiger partial charge in [-0.25, -0.2) is 9.37 Å². The smallest absolute Gasteiger partial charge is 0.273 e. The van der Waals surface area contributed by atoms with Crippen LogP contribution in [-0.2, 0) is 0 Å². The van der Waals surface area contributed by atoms with Gasteiger partial charge in [0.15, 0.2) is 5.69 Å². The molecule has 0 fully saturated rings. The summed E-state index contributed by atoms with van der Waals surface area (Å²) in [4.78, 5) is 16.4. The third-order valence-corrected chi connectivity index (χ3v) is 3.51. The van der Waals surface area contributed by atoms with Gasteiger partial charge >= 0.3 is 0 Å². The summed E-state index contributed by atoms with van der Waals surface area (Å²) in [6, 6.07) is 5.38. The number of nitrogens with one attached hydrogen (secondary N) is 1. The van der Waals surface area contributed by atoms with Gasteiger partial charge in [0.1, 0.15) is 12.1 Å². The molecule has 2 atom stereocenters. The fourth-order valence-electron chi connectivity index (χ4n) is 2.28. The summed E-state index contributed by atoms with van der Waals surface area (Å²) in [6.07, 6.45) is 2.04. The summed E-state index contributed by atoms with van der Waals surface area (Å²) in [5.41, 5.74) is 6.99. The maximum Gasteiger partial charge on any atom is 0.273 e. The van der Waals surface area contributed by atoms with Gasteiger partial charge in [-0.3, -0.25) is 4.79 Å². The maximum atomic E-state index is 12.9. The van der Waals surface area contributed by atoms with Crippen LogP contribution in [0.3, 0.4) is 0 Å². The molecule has 124 valence electrons. The van der Waals surface area contributed by atoms with Crippen molar-refractivity contribution < 1.29 is 13.6 Å². The molecule has 2 unspecified atom stereocenters. The number of halogens is 1. The van der Waals surface area contributed by atoms with Gasteiger partial charge in [-0.15, -0.1) is 0 Å². The molecule has 0 aliphatic carbocycles. The normalized spacial score (nSPS) is 13.8. The van der Waals surface area contributed by atoms with E-state index in [9.17, 15) is 9.18 Å². The van der Waals surface area contributed by atoms with Gasteiger partial charge in [0.05, 0.1) is 12.1 Å². The van der Waals surface area contributed by atoms with Crippen LogP contribution in [0.25, 0.3) is 0 Å². The van der Waals surface area contributed by atoms with Crippen LogP contribution in [0.1, 0.15) is 61.2 Å². The summed E-state index contributed by atoms with van der Waals surface area (Å²) in [7, 11) is 0. The quantitative estimate of drug-likeness (QED) is 0.855. The first-order valence-corrected chi connectivity index (χ1v) is 7.64. The number of carbonyl (C=O) groups is 1. The summed E-state index contributed by atoms with van der Waals surface area (Å²) < 4.78 is 18.2. The van der Waals surface area contributed by atoms with E-state index in [1.165, 1.54) is 18.4 Å². The average Bonchev–Trinajstić information content (AvgIpc) is 2.97. The molecule has 0 spiro atoms. The van der Waals surface area contributed by atoms with Crippen LogP contribution >= 0.6 is 0 Å². The van der Waals surface area contributed by atoms with Crippen LogP contribution in [0, 0.1) is 11.7 Å². The van der Waals surface area contributed by atoms with Gasteiger partial charge in [-0.2, -0.15) is 0 Å². The predicted molar refractivity (Wildman–Crippen MR) is 85.2 cm³/mol. The molecule has 1 amide bonds. The van der Waals surface area contributed by atoms with E-state index < -0.39 is 0 Å². The number of hydrogen-bond donors (Lipinski definition) is 2. The molecule has 0 aliphatic heterocycles. The zero-order chi connectivity index (χ0) is 17.0. The summed E-state index contributed by atoms with van der Waals surface area (Å²) >= 11 is 0. The molecule has 1 heterocycles. The largest absolute Gasteiger partial charge is 0.446 e. The van der Waals surface area contributed by atoms with Gasteiger partial charge in [0, 0.05) is 0 Å². The fraction of sp³-hybridized carbons (Fsp3) is 0.412. The Labute approximate surface area is 135 Å². The van der Waals surface area contributed by atoms with E-state index in [1.54, 1.807) is 12.1 Å². The zero-order valence-electron chi connectivity index (χ0n) is 13.5. The van der Waals surface area contributed by atoms with Crippen molar-refractivity contribution in [2.45, 2.75) is 39.3 Å². The highest BCUT2D eigenvalue weighted by Gasteiger charge is 2.19. The van der Waals surface area contributed by atoms with Crippen LogP contribution in [0.4, 0.5) is 4.39 Å². The van der Waals surface area contributed by atoms with Crippen molar-refractivity contribution in [3.8, 4) is 0 Å². The minimum absolute atomic E-state index is 0.188. The Morgan fingerprint density at radius 2 is 1.96 bits per heavy atom. The monoisotopic (exact) mass is 319 g/mol. The number of carbonyl (C=O) groups excluding carboxylic acids is 1. The van der Waals surface area contributed by atoms with E-state index >= 15 is 0 Å². The van der Waals surface area contributed by atoms with Crippen LogP contribution in [0.5, 0.6) is 0 Å². The molecule has 1 aromatic carbocycles. The molecular weight excluding hydrogens is 297 g/mol. The Morgan fingerprint density at radius 3 is 2.57 bits per heavy atom. The minimum Gasteiger partial charge on any atom is -0.446 e. The summed E-state index contributed by atoms with van der Waals surface area (Å²) in [5.74, 6) is 0.104. The molecule has 23 heavy (non-hydrogen) atoms. The van der Waals surface area contributed by atoms with Gasteiger partial charge in [0.25, 0.3) is 5.91 Å². The van der Waals surface area contributed by atoms with Crippen LogP contribution in [0.2, 0.25) is 0 Å². The van der Waals surface area contributed by atoms with E-state index in [0.29, 0.717) is 11.8 Å². The number of oxazole rings is 1. The van der Waals surface area contributed by atoms with Crippen molar-refractivity contribution in [1.29, 1.82) is 0 Å². The predicted octanol–water partition coefficient (Wildman–Crippen LogP) is 3.35. The van der Waals surface area contributed by atoms with Crippen LogP contribution in [-0.4, -0.2) is 10.9 Å². The lowest BCUT2D eigenvalue weighted by atomic mass is 10.0. The number of benzene rings is 1. The zero-order valence-corrected chi connectivity index (χ0v) is 13.5. The van der Waals surface area contributed by atoms with Crippen LogP contribution in [0.15, 0.2) is 34.9 Å². The number of nitrogens with two attached hydrogens (primary N) is 1. The van der Waals surface area contributed by atoms with E-state index in [-0.39, 0.29) is 29.5 Å². The Balaban J connectivity index is 2.00. The first-order valence-electron chi connectivity index (χ1n) is 7.64. The lowest BCUT2D eigenvalue weighted by Gasteiger charge is -2.13. The molecule has 0 saturated carbocycles. The van der Waals surface area contributed by atoms with Gasteiger partial charge < -0.3 is 15.5 Å². The third kappa shape index (κ3) is 4.63. The Bertz CT molecular complexity index is 652. The number of nitrogens with zero attached hydrogens (tertiary/aromatic N) is 1. The summed E-state index contributed by atoms with van der Waals surface area (Å²) in [6.45, 7) is 5.93. The van der Waals surface area contributed by atoms with Crippen molar-refractivity contribution in [3.63, 3.8) is 0 Å².